The van der Waals surface area contributed by atoms with Crippen LogP contribution in [0, 0.1) is 5.82 Å². The minimum Gasteiger partial charge on any atom is -0.497 e. The number of methoxy groups -OCH3 is 1. The molecule has 0 aliphatic carbocycles. The molecule has 0 atom stereocenters. The minimum atomic E-state index is -0.524. The van der Waals surface area contributed by atoms with Crippen LogP contribution in [0.5, 0.6) is 5.75 Å². The summed E-state index contributed by atoms with van der Waals surface area (Å²) in [4.78, 5) is 30.5. The maximum atomic E-state index is 13.7. The number of hydrogen-bond acceptors (Lipinski definition) is 5. The standard InChI is InChI=1S/C24H18FN5O3/c1-33-18-11-9-17(10-12-18)26-21(31)14-29-20-8-3-2-7-19(20)23-27-22(28-30(23)24(29)32)15-5-4-6-16(25)13-15/h2-13H,14H2,1H3,(H,26,31). The Bertz CT molecular complexity index is 1560. The molecule has 0 saturated heterocycles. The molecule has 0 radical (unpaired) electrons. The van der Waals surface area contributed by atoms with Crippen LogP contribution in [0.3, 0.4) is 0 Å². The van der Waals surface area contributed by atoms with Gasteiger partial charge < -0.3 is 10.1 Å². The molecule has 1 amide bonds. The van der Waals surface area contributed by atoms with Gasteiger partial charge >= 0.3 is 5.69 Å². The Balaban J connectivity index is 1.57. The summed E-state index contributed by atoms with van der Waals surface area (Å²) in [5.41, 5.74) is 1.38. The summed E-state index contributed by atoms with van der Waals surface area (Å²) in [6.45, 7) is -0.226. The van der Waals surface area contributed by atoms with Crippen LogP contribution in [0.4, 0.5) is 10.1 Å². The van der Waals surface area contributed by atoms with Gasteiger partial charge in [0.2, 0.25) is 5.91 Å². The third kappa shape index (κ3) is 3.80. The van der Waals surface area contributed by atoms with E-state index >= 15 is 0 Å². The van der Waals surface area contributed by atoms with Crippen LogP contribution in [-0.2, 0) is 11.3 Å². The number of halogens is 1. The smallest absolute Gasteiger partial charge is 0.351 e. The van der Waals surface area contributed by atoms with Gasteiger partial charge in [-0.3, -0.25) is 9.36 Å². The van der Waals surface area contributed by atoms with Crippen molar-refractivity contribution in [3.63, 3.8) is 0 Å². The molecule has 0 bridgehead atoms. The Kier molecular flexibility index (Phi) is 5.06. The van der Waals surface area contributed by atoms with E-state index in [9.17, 15) is 14.0 Å². The Morgan fingerprint density at radius 1 is 1.06 bits per heavy atom. The molecule has 0 spiro atoms. The number of anilines is 1. The molecule has 0 fully saturated rings. The van der Waals surface area contributed by atoms with Gasteiger partial charge in [0.15, 0.2) is 11.5 Å². The highest BCUT2D eigenvalue weighted by atomic mass is 19.1. The molecule has 0 aliphatic rings. The van der Waals surface area contributed by atoms with Gasteiger partial charge in [0.25, 0.3) is 0 Å². The summed E-state index contributed by atoms with van der Waals surface area (Å²) in [6, 6.07) is 19.9. The zero-order valence-corrected chi connectivity index (χ0v) is 17.5. The summed E-state index contributed by atoms with van der Waals surface area (Å²) < 4.78 is 21.3. The van der Waals surface area contributed by atoms with E-state index in [1.165, 1.54) is 16.7 Å². The fraction of sp³-hybridized carbons (Fsp3) is 0.0833. The highest BCUT2D eigenvalue weighted by Gasteiger charge is 2.17. The lowest BCUT2D eigenvalue weighted by Gasteiger charge is -2.11. The SMILES string of the molecule is COc1ccc(NC(=O)Cn2c(=O)n3nc(-c4cccc(F)c4)nc3c3ccccc32)cc1. The van der Waals surface area contributed by atoms with Crippen LogP contribution in [0.15, 0.2) is 77.6 Å². The fourth-order valence-corrected chi connectivity index (χ4v) is 3.66. The van der Waals surface area contributed by atoms with E-state index in [2.05, 4.69) is 15.4 Å². The number of amides is 1. The molecule has 33 heavy (non-hydrogen) atoms. The van der Waals surface area contributed by atoms with E-state index in [1.807, 2.05) is 6.07 Å². The van der Waals surface area contributed by atoms with Gasteiger partial charge in [0.1, 0.15) is 18.1 Å². The first kappa shape index (κ1) is 20.4. The molecule has 2 aromatic heterocycles. The second-order valence-electron chi connectivity index (χ2n) is 7.34. The number of hydrogen-bond donors (Lipinski definition) is 1. The van der Waals surface area contributed by atoms with Gasteiger partial charge in [0.05, 0.1) is 12.6 Å². The highest BCUT2D eigenvalue weighted by molar-refractivity contribution is 5.95. The molecule has 0 saturated carbocycles. The summed E-state index contributed by atoms with van der Waals surface area (Å²) in [7, 11) is 1.56. The number of rotatable bonds is 5. The fourth-order valence-electron chi connectivity index (χ4n) is 3.66. The predicted octanol–water partition coefficient (Wildman–Crippen LogP) is 3.50. The lowest BCUT2D eigenvalue weighted by Crippen LogP contribution is -2.32. The monoisotopic (exact) mass is 443 g/mol. The van der Waals surface area contributed by atoms with Crippen molar-refractivity contribution in [1.29, 1.82) is 0 Å². The Morgan fingerprint density at radius 3 is 2.61 bits per heavy atom. The Hall–Kier alpha value is -4.53. The maximum Gasteiger partial charge on any atom is 0.351 e. The van der Waals surface area contributed by atoms with E-state index in [0.29, 0.717) is 33.6 Å². The van der Waals surface area contributed by atoms with Gasteiger partial charge in [-0.1, -0.05) is 24.3 Å². The van der Waals surface area contributed by atoms with E-state index in [1.54, 1.807) is 61.7 Å². The average Bonchev–Trinajstić information content (AvgIpc) is 3.28. The molecular weight excluding hydrogens is 425 g/mol. The first-order valence-corrected chi connectivity index (χ1v) is 10.1. The third-order valence-electron chi connectivity index (χ3n) is 5.21. The molecule has 0 aliphatic heterocycles. The molecule has 0 unspecified atom stereocenters. The minimum absolute atomic E-state index is 0.220. The first-order valence-electron chi connectivity index (χ1n) is 10.1. The summed E-state index contributed by atoms with van der Waals surface area (Å²) >= 11 is 0. The topological polar surface area (TPSA) is 90.5 Å². The van der Waals surface area contributed by atoms with Crippen molar-refractivity contribution in [3.8, 4) is 17.1 Å². The molecule has 1 N–H and O–H groups in total. The second kappa shape index (κ2) is 8.19. The van der Waals surface area contributed by atoms with Crippen molar-refractivity contribution in [2.24, 2.45) is 0 Å². The van der Waals surface area contributed by atoms with Gasteiger partial charge in [-0.15, -0.1) is 5.10 Å². The van der Waals surface area contributed by atoms with Gasteiger partial charge in [0, 0.05) is 16.6 Å². The van der Waals surface area contributed by atoms with Crippen LogP contribution in [0.1, 0.15) is 0 Å². The number of fused-ring (bicyclic) bond motifs is 3. The molecule has 3 aromatic carbocycles. The van der Waals surface area contributed by atoms with Crippen LogP contribution < -0.4 is 15.7 Å². The first-order chi connectivity index (χ1) is 16.0. The van der Waals surface area contributed by atoms with Gasteiger partial charge in [-0.05, 0) is 48.5 Å². The average molecular weight is 443 g/mol. The molecular formula is C24H18FN5O3. The second-order valence-corrected chi connectivity index (χ2v) is 7.34. The summed E-state index contributed by atoms with van der Waals surface area (Å²) in [6.07, 6.45) is 0. The molecule has 5 aromatic rings. The van der Waals surface area contributed by atoms with Crippen molar-refractivity contribution >= 4 is 28.1 Å². The largest absolute Gasteiger partial charge is 0.497 e. The summed E-state index contributed by atoms with van der Waals surface area (Å²) in [5.74, 6) is 0.0826. The highest BCUT2D eigenvalue weighted by Crippen LogP contribution is 2.22. The molecule has 2 heterocycles. The predicted molar refractivity (Wildman–Crippen MR) is 122 cm³/mol. The van der Waals surface area contributed by atoms with Gasteiger partial charge in [-0.2, -0.15) is 4.52 Å². The quantitative estimate of drug-likeness (QED) is 0.449. The van der Waals surface area contributed by atoms with Crippen LogP contribution in [0.2, 0.25) is 0 Å². The van der Waals surface area contributed by atoms with E-state index in [0.717, 1.165) is 4.52 Å². The molecule has 9 heteroatoms. The van der Waals surface area contributed by atoms with Crippen LogP contribution in [0.25, 0.3) is 27.9 Å². The van der Waals surface area contributed by atoms with Crippen molar-refractivity contribution in [2.75, 3.05) is 12.4 Å². The Labute approximate surface area is 186 Å². The van der Waals surface area contributed by atoms with Gasteiger partial charge in [-0.25, -0.2) is 14.2 Å². The summed E-state index contributed by atoms with van der Waals surface area (Å²) in [5, 5.41) is 7.73. The third-order valence-corrected chi connectivity index (χ3v) is 5.21. The number of para-hydroxylation sites is 1. The van der Waals surface area contributed by atoms with Crippen LogP contribution in [-0.4, -0.2) is 32.2 Å². The van der Waals surface area contributed by atoms with Crippen molar-refractivity contribution in [3.05, 3.63) is 89.1 Å². The number of aromatic nitrogens is 4. The normalized spacial score (nSPS) is 11.1. The number of carbonyl (C=O) groups is 1. The van der Waals surface area contributed by atoms with Crippen molar-refractivity contribution < 1.29 is 13.9 Å². The van der Waals surface area contributed by atoms with E-state index in [4.69, 9.17) is 4.74 Å². The van der Waals surface area contributed by atoms with E-state index in [-0.39, 0.29) is 18.3 Å². The zero-order valence-electron chi connectivity index (χ0n) is 17.5. The zero-order chi connectivity index (χ0) is 22.9. The number of nitrogens with one attached hydrogen (secondary N) is 1. The Morgan fingerprint density at radius 2 is 1.85 bits per heavy atom. The lowest BCUT2D eigenvalue weighted by atomic mass is 10.2. The number of carbonyl (C=O) groups excluding carboxylic acids is 1. The number of benzene rings is 3. The number of ether oxygens (including phenoxy) is 1. The maximum absolute atomic E-state index is 13.7. The van der Waals surface area contributed by atoms with E-state index < -0.39 is 11.5 Å². The molecule has 164 valence electrons. The molecule has 8 nitrogen and oxygen atoms in total. The lowest BCUT2D eigenvalue weighted by molar-refractivity contribution is -0.116. The van der Waals surface area contributed by atoms with Crippen LogP contribution >= 0.6 is 0 Å². The van der Waals surface area contributed by atoms with Crippen molar-refractivity contribution in [1.82, 2.24) is 19.2 Å². The van der Waals surface area contributed by atoms with Crippen molar-refractivity contribution in [2.45, 2.75) is 6.54 Å². The molecule has 5 rings (SSSR count). The number of nitrogens with zero attached hydrogens (tertiary/aromatic N) is 4.